The van der Waals surface area contributed by atoms with Gasteiger partial charge in [0, 0.05) is 18.0 Å². The Labute approximate surface area is 120 Å². The van der Waals surface area contributed by atoms with Crippen LogP contribution in [0.2, 0.25) is 0 Å². The monoisotopic (exact) mass is 276 g/mol. The molecule has 1 saturated heterocycles. The molecule has 1 aliphatic rings. The molecule has 2 N–H and O–H groups in total. The van der Waals surface area contributed by atoms with Crippen molar-refractivity contribution < 1.29 is 9.53 Å². The zero-order chi connectivity index (χ0) is 14.4. The molecule has 0 spiro atoms. The Morgan fingerprint density at radius 2 is 2.15 bits per heavy atom. The van der Waals surface area contributed by atoms with Crippen LogP contribution in [0.4, 0.5) is 0 Å². The van der Waals surface area contributed by atoms with Crippen LogP contribution in [-0.2, 0) is 11.3 Å². The van der Waals surface area contributed by atoms with Crippen molar-refractivity contribution in [3.05, 3.63) is 29.3 Å². The number of rotatable bonds is 5. The van der Waals surface area contributed by atoms with E-state index in [1.165, 1.54) is 5.56 Å². The average Bonchev–Trinajstić information content (AvgIpc) is 2.47. The first-order chi connectivity index (χ1) is 9.70. The van der Waals surface area contributed by atoms with E-state index in [9.17, 15) is 4.79 Å². The standard InChI is InChI=1S/C16H24N2O2/c1-3-20-15-10-12(2)4-5-14(15)11-18-16(19)13-6-8-17-9-7-13/h4-5,10,13,17H,3,6-9,11H2,1-2H3,(H,18,19). The summed E-state index contributed by atoms with van der Waals surface area (Å²) in [6.45, 7) is 7.07. The highest BCUT2D eigenvalue weighted by Gasteiger charge is 2.20. The highest BCUT2D eigenvalue weighted by atomic mass is 16.5. The number of nitrogens with one attached hydrogen (secondary N) is 2. The Balaban J connectivity index is 1.94. The van der Waals surface area contributed by atoms with E-state index in [0.29, 0.717) is 13.2 Å². The maximum absolute atomic E-state index is 12.1. The van der Waals surface area contributed by atoms with Gasteiger partial charge < -0.3 is 15.4 Å². The van der Waals surface area contributed by atoms with Gasteiger partial charge in [-0.1, -0.05) is 12.1 Å². The molecular weight excluding hydrogens is 252 g/mol. The van der Waals surface area contributed by atoms with Gasteiger partial charge in [-0.15, -0.1) is 0 Å². The van der Waals surface area contributed by atoms with Gasteiger partial charge in [0.1, 0.15) is 5.75 Å². The lowest BCUT2D eigenvalue weighted by Crippen LogP contribution is -2.37. The topological polar surface area (TPSA) is 50.4 Å². The van der Waals surface area contributed by atoms with Crippen LogP contribution in [0.5, 0.6) is 5.75 Å². The third kappa shape index (κ3) is 3.97. The Bertz CT molecular complexity index is 454. The van der Waals surface area contributed by atoms with Crippen molar-refractivity contribution >= 4 is 5.91 Å². The van der Waals surface area contributed by atoms with Gasteiger partial charge in [0.2, 0.25) is 5.91 Å². The Kier molecular flexibility index (Phi) is 5.41. The minimum atomic E-state index is 0.150. The number of carbonyl (C=O) groups is 1. The second-order valence-electron chi connectivity index (χ2n) is 5.29. The minimum absolute atomic E-state index is 0.150. The Morgan fingerprint density at radius 1 is 1.40 bits per heavy atom. The van der Waals surface area contributed by atoms with Crippen LogP contribution < -0.4 is 15.4 Å². The summed E-state index contributed by atoms with van der Waals surface area (Å²) < 4.78 is 5.63. The van der Waals surface area contributed by atoms with Crippen LogP contribution in [0.25, 0.3) is 0 Å². The minimum Gasteiger partial charge on any atom is -0.494 e. The second kappa shape index (κ2) is 7.29. The summed E-state index contributed by atoms with van der Waals surface area (Å²) in [6.07, 6.45) is 1.86. The highest BCUT2D eigenvalue weighted by molar-refractivity contribution is 5.78. The summed E-state index contributed by atoms with van der Waals surface area (Å²) in [5.41, 5.74) is 2.21. The summed E-state index contributed by atoms with van der Waals surface area (Å²) in [6, 6.07) is 6.10. The molecule has 0 saturated carbocycles. The number of hydrogen-bond acceptors (Lipinski definition) is 3. The molecule has 0 atom stereocenters. The van der Waals surface area contributed by atoms with E-state index in [2.05, 4.69) is 16.7 Å². The number of amides is 1. The molecule has 110 valence electrons. The van der Waals surface area contributed by atoms with Gasteiger partial charge in [-0.2, -0.15) is 0 Å². The van der Waals surface area contributed by atoms with E-state index in [1.54, 1.807) is 0 Å². The van der Waals surface area contributed by atoms with Crippen LogP contribution in [0.3, 0.4) is 0 Å². The van der Waals surface area contributed by atoms with Crippen LogP contribution in [0, 0.1) is 12.8 Å². The normalized spacial score (nSPS) is 15.9. The first-order valence-corrected chi connectivity index (χ1v) is 7.41. The van der Waals surface area contributed by atoms with E-state index in [0.717, 1.165) is 37.2 Å². The van der Waals surface area contributed by atoms with E-state index >= 15 is 0 Å². The lowest BCUT2D eigenvalue weighted by Gasteiger charge is -2.22. The van der Waals surface area contributed by atoms with E-state index in [1.807, 2.05) is 26.0 Å². The fourth-order valence-corrected chi connectivity index (χ4v) is 2.51. The smallest absolute Gasteiger partial charge is 0.223 e. The van der Waals surface area contributed by atoms with Crippen molar-refractivity contribution in [1.29, 1.82) is 0 Å². The largest absolute Gasteiger partial charge is 0.494 e. The lowest BCUT2D eigenvalue weighted by molar-refractivity contribution is -0.125. The molecule has 0 unspecified atom stereocenters. The van der Waals surface area contributed by atoms with Crippen molar-refractivity contribution in [2.45, 2.75) is 33.2 Å². The zero-order valence-corrected chi connectivity index (χ0v) is 12.4. The fourth-order valence-electron chi connectivity index (χ4n) is 2.51. The van der Waals surface area contributed by atoms with Crippen molar-refractivity contribution in [3.8, 4) is 5.75 Å². The van der Waals surface area contributed by atoms with Crippen molar-refractivity contribution in [1.82, 2.24) is 10.6 Å². The maximum atomic E-state index is 12.1. The molecule has 1 fully saturated rings. The summed E-state index contributed by atoms with van der Waals surface area (Å²) >= 11 is 0. The van der Waals surface area contributed by atoms with Gasteiger partial charge in [0.25, 0.3) is 0 Å². The molecule has 0 aliphatic carbocycles. The van der Waals surface area contributed by atoms with Gasteiger partial charge in [0.05, 0.1) is 6.61 Å². The third-order valence-corrected chi connectivity index (χ3v) is 3.69. The van der Waals surface area contributed by atoms with E-state index in [-0.39, 0.29) is 11.8 Å². The molecule has 1 amide bonds. The van der Waals surface area contributed by atoms with Gasteiger partial charge in [-0.25, -0.2) is 0 Å². The van der Waals surface area contributed by atoms with Crippen molar-refractivity contribution in [3.63, 3.8) is 0 Å². The number of hydrogen-bond donors (Lipinski definition) is 2. The first kappa shape index (κ1) is 14.9. The first-order valence-electron chi connectivity index (χ1n) is 7.41. The summed E-state index contributed by atoms with van der Waals surface area (Å²) in [5.74, 6) is 1.19. The molecule has 0 bridgehead atoms. The van der Waals surface area contributed by atoms with Crippen LogP contribution >= 0.6 is 0 Å². The number of benzene rings is 1. The number of piperidine rings is 1. The zero-order valence-electron chi connectivity index (χ0n) is 12.4. The quantitative estimate of drug-likeness (QED) is 0.865. The SMILES string of the molecule is CCOc1cc(C)ccc1CNC(=O)C1CCNCC1. The van der Waals surface area contributed by atoms with Crippen molar-refractivity contribution in [2.75, 3.05) is 19.7 Å². The predicted octanol–water partition coefficient (Wildman–Crippen LogP) is 2.01. The molecule has 1 aromatic rings. The Hall–Kier alpha value is -1.55. The average molecular weight is 276 g/mol. The van der Waals surface area contributed by atoms with Gasteiger partial charge >= 0.3 is 0 Å². The molecule has 1 aromatic carbocycles. The van der Waals surface area contributed by atoms with Crippen LogP contribution in [0.1, 0.15) is 30.9 Å². The second-order valence-corrected chi connectivity index (χ2v) is 5.29. The lowest BCUT2D eigenvalue weighted by atomic mass is 9.97. The summed E-state index contributed by atoms with van der Waals surface area (Å²) in [4.78, 5) is 12.1. The molecule has 20 heavy (non-hydrogen) atoms. The molecule has 1 aliphatic heterocycles. The summed E-state index contributed by atoms with van der Waals surface area (Å²) in [7, 11) is 0. The number of ether oxygens (including phenoxy) is 1. The van der Waals surface area contributed by atoms with Crippen molar-refractivity contribution in [2.24, 2.45) is 5.92 Å². The Morgan fingerprint density at radius 3 is 2.85 bits per heavy atom. The summed E-state index contributed by atoms with van der Waals surface area (Å²) in [5, 5.41) is 6.32. The molecule has 0 radical (unpaired) electrons. The molecular formula is C16H24N2O2. The highest BCUT2D eigenvalue weighted by Crippen LogP contribution is 2.20. The molecule has 4 heteroatoms. The molecule has 2 rings (SSSR count). The van der Waals surface area contributed by atoms with Gasteiger partial charge in [-0.05, 0) is 51.4 Å². The van der Waals surface area contributed by atoms with Gasteiger partial charge in [-0.3, -0.25) is 4.79 Å². The van der Waals surface area contributed by atoms with E-state index in [4.69, 9.17) is 4.74 Å². The predicted molar refractivity (Wildman–Crippen MR) is 79.8 cm³/mol. The molecule has 4 nitrogen and oxygen atoms in total. The maximum Gasteiger partial charge on any atom is 0.223 e. The molecule has 0 aromatic heterocycles. The van der Waals surface area contributed by atoms with E-state index < -0.39 is 0 Å². The fraction of sp³-hybridized carbons (Fsp3) is 0.562. The number of carbonyl (C=O) groups excluding carboxylic acids is 1. The third-order valence-electron chi connectivity index (χ3n) is 3.69. The molecule has 1 heterocycles. The van der Waals surface area contributed by atoms with Gasteiger partial charge in [0.15, 0.2) is 0 Å². The van der Waals surface area contributed by atoms with Crippen LogP contribution in [0.15, 0.2) is 18.2 Å². The van der Waals surface area contributed by atoms with Crippen LogP contribution in [-0.4, -0.2) is 25.6 Å². The number of aryl methyl sites for hydroxylation is 1.